The molecule has 1 N–H and O–H groups in total. The summed E-state index contributed by atoms with van der Waals surface area (Å²) in [7, 11) is 0. The molecule has 1 fully saturated rings. The van der Waals surface area contributed by atoms with Gasteiger partial charge in [-0.05, 0) is 37.0 Å². The van der Waals surface area contributed by atoms with Gasteiger partial charge in [-0.15, -0.1) is 0 Å². The van der Waals surface area contributed by atoms with Crippen LogP contribution in [0, 0.1) is 11.7 Å². The van der Waals surface area contributed by atoms with Crippen LogP contribution in [-0.4, -0.2) is 17.9 Å². The van der Waals surface area contributed by atoms with E-state index >= 15 is 0 Å². The van der Waals surface area contributed by atoms with E-state index in [0.717, 1.165) is 12.8 Å². The van der Waals surface area contributed by atoms with Gasteiger partial charge in [0.1, 0.15) is 5.82 Å². The molecule has 0 bridgehead atoms. The highest BCUT2D eigenvalue weighted by atomic mass is 19.1. The van der Waals surface area contributed by atoms with Crippen LogP contribution in [0.15, 0.2) is 18.2 Å². The van der Waals surface area contributed by atoms with E-state index in [-0.39, 0.29) is 23.8 Å². The Bertz CT molecular complexity index is 553. The Hall–Kier alpha value is -1.91. The van der Waals surface area contributed by atoms with Gasteiger partial charge in [0.15, 0.2) is 0 Å². The molecule has 0 radical (unpaired) electrons. The highest BCUT2D eigenvalue weighted by Gasteiger charge is 2.33. The molecule has 4 nitrogen and oxygen atoms in total. The van der Waals surface area contributed by atoms with E-state index in [2.05, 4.69) is 5.32 Å². The molecule has 5 heteroatoms. The Kier molecular flexibility index (Phi) is 4.60. The van der Waals surface area contributed by atoms with E-state index in [4.69, 9.17) is 0 Å². The number of hydrogen-bond donors (Lipinski definition) is 1. The largest absolute Gasteiger partial charge is 0.324 e. The van der Waals surface area contributed by atoms with Gasteiger partial charge < -0.3 is 10.2 Å². The van der Waals surface area contributed by atoms with Crippen molar-refractivity contribution in [1.82, 2.24) is 0 Å². The zero-order chi connectivity index (χ0) is 15.6. The Morgan fingerprint density at radius 2 is 2.05 bits per heavy atom. The topological polar surface area (TPSA) is 49.4 Å². The predicted molar refractivity (Wildman–Crippen MR) is 80.7 cm³/mol. The van der Waals surface area contributed by atoms with Crippen LogP contribution in [-0.2, 0) is 9.59 Å². The number of amides is 2. The monoisotopic (exact) mass is 292 g/mol. The molecule has 1 saturated carbocycles. The lowest BCUT2D eigenvalue weighted by molar-refractivity contribution is -0.117. The number of carbonyl (C=O) groups excluding carboxylic acids is 2. The van der Waals surface area contributed by atoms with Crippen LogP contribution in [0.1, 0.15) is 40.0 Å². The number of nitrogens with zero attached hydrogens (tertiary/aromatic N) is 1. The van der Waals surface area contributed by atoms with Crippen LogP contribution in [0.25, 0.3) is 0 Å². The zero-order valence-corrected chi connectivity index (χ0v) is 12.6. The summed E-state index contributed by atoms with van der Waals surface area (Å²) < 4.78 is 13.5. The normalized spacial score (nSPS) is 14.1. The second-order valence-corrected chi connectivity index (χ2v) is 5.93. The quantitative estimate of drug-likeness (QED) is 0.905. The van der Waals surface area contributed by atoms with Crippen LogP contribution >= 0.6 is 0 Å². The molecule has 114 valence electrons. The van der Waals surface area contributed by atoms with Gasteiger partial charge in [-0.3, -0.25) is 9.59 Å². The van der Waals surface area contributed by atoms with Crippen LogP contribution in [0.2, 0.25) is 0 Å². The van der Waals surface area contributed by atoms with E-state index < -0.39 is 5.82 Å². The molecule has 0 aliphatic heterocycles. The molecule has 0 heterocycles. The van der Waals surface area contributed by atoms with Gasteiger partial charge in [0.2, 0.25) is 11.8 Å². The lowest BCUT2D eigenvalue weighted by Crippen LogP contribution is -2.31. The summed E-state index contributed by atoms with van der Waals surface area (Å²) >= 11 is 0. The van der Waals surface area contributed by atoms with Crippen molar-refractivity contribution in [2.75, 3.05) is 10.2 Å². The van der Waals surface area contributed by atoms with Gasteiger partial charge in [0, 0.05) is 19.4 Å². The summed E-state index contributed by atoms with van der Waals surface area (Å²) in [4.78, 5) is 25.4. The number of rotatable bonds is 5. The fraction of sp³-hybridized carbons (Fsp3) is 0.500. The van der Waals surface area contributed by atoms with Crippen molar-refractivity contribution in [1.29, 1.82) is 0 Å². The molecule has 0 unspecified atom stereocenters. The minimum absolute atomic E-state index is 0.0940. The summed E-state index contributed by atoms with van der Waals surface area (Å²) in [6.07, 6.45) is 2.24. The second-order valence-electron chi connectivity index (χ2n) is 5.93. The lowest BCUT2D eigenvalue weighted by atomic mass is 10.1. The third-order valence-corrected chi connectivity index (χ3v) is 3.34. The summed E-state index contributed by atoms with van der Waals surface area (Å²) in [6, 6.07) is 4.30. The number of carbonyl (C=O) groups is 2. The lowest BCUT2D eigenvalue weighted by Gasteiger charge is -2.24. The summed E-state index contributed by atoms with van der Waals surface area (Å²) in [5.74, 6) is -0.480. The molecule has 0 spiro atoms. The standard InChI is InChI=1S/C16H21FN2O2/c1-10(2)8-16(21)18-14-9-12(17)4-7-15(14)19(11(3)20)13-5-6-13/h4,7,9-10,13H,5-6,8H2,1-3H3,(H,18,21). The number of halogens is 1. The summed E-state index contributed by atoms with van der Waals surface area (Å²) in [5, 5.41) is 2.73. The molecular formula is C16H21FN2O2. The van der Waals surface area contributed by atoms with E-state index in [1.165, 1.54) is 19.1 Å². The van der Waals surface area contributed by atoms with E-state index in [0.29, 0.717) is 17.8 Å². The molecule has 1 aliphatic carbocycles. The maximum atomic E-state index is 13.5. The first kappa shape index (κ1) is 15.5. The highest BCUT2D eigenvalue weighted by Crippen LogP contribution is 2.36. The third kappa shape index (κ3) is 4.03. The van der Waals surface area contributed by atoms with E-state index in [1.807, 2.05) is 13.8 Å². The van der Waals surface area contributed by atoms with Crippen molar-refractivity contribution in [3.8, 4) is 0 Å². The van der Waals surface area contributed by atoms with Gasteiger partial charge >= 0.3 is 0 Å². The Morgan fingerprint density at radius 3 is 2.57 bits per heavy atom. The van der Waals surface area contributed by atoms with Crippen molar-refractivity contribution in [2.24, 2.45) is 5.92 Å². The van der Waals surface area contributed by atoms with Crippen molar-refractivity contribution in [3.63, 3.8) is 0 Å². The van der Waals surface area contributed by atoms with Gasteiger partial charge in [-0.1, -0.05) is 13.8 Å². The Morgan fingerprint density at radius 1 is 1.38 bits per heavy atom. The second kappa shape index (κ2) is 6.24. The number of hydrogen-bond acceptors (Lipinski definition) is 2. The van der Waals surface area contributed by atoms with Gasteiger partial charge in [0.05, 0.1) is 11.4 Å². The van der Waals surface area contributed by atoms with Crippen molar-refractivity contribution >= 4 is 23.2 Å². The number of benzene rings is 1. The van der Waals surface area contributed by atoms with E-state index in [1.54, 1.807) is 11.0 Å². The van der Waals surface area contributed by atoms with Gasteiger partial charge in [-0.25, -0.2) is 4.39 Å². The average molecular weight is 292 g/mol. The molecule has 2 rings (SSSR count). The first-order chi connectivity index (χ1) is 9.88. The van der Waals surface area contributed by atoms with E-state index in [9.17, 15) is 14.0 Å². The van der Waals surface area contributed by atoms with Gasteiger partial charge in [0.25, 0.3) is 0 Å². The van der Waals surface area contributed by atoms with Gasteiger partial charge in [-0.2, -0.15) is 0 Å². The van der Waals surface area contributed by atoms with Crippen molar-refractivity contribution in [3.05, 3.63) is 24.0 Å². The average Bonchev–Trinajstić information content (AvgIpc) is 3.15. The fourth-order valence-electron chi connectivity index (χ4n) is 2.35. The zero-order valence-electron chi connectivity index (χ0n) is 12.6. The summed E-state index contributed by atoms with van der Waals surface area (Å²) in [6.45, 7) is 5.37. The molecule has 0 atom stereocenters. The van der Waals surface area contributed by atoms with Crippen LogP contribution < -0.4 is 10.2 Å². The molecule has 1 aromatic rings. The maximum absolute atomic E-state index is 13.5. The van der Waals surface area contributed by atoms with Crippen molar-refractivity contribution < 1.29 is 14.0 Å². The summed E-state index contributed by atoms with van der Waals surface area (Å²) in [5.41, 5.74) is 0.936. The molecule has 21 heavy (non-hydrogen) atoms. The molecule has 2 amide bonds. The Labute approximate surface area is 124 Å². The number of nitrogens with one attached hydrogen (secondary N) is 1. The minimum Gasteiger partial charge on any atom is -0.324 e. The first-order valence-electron chi connectivity index (χ1n) is 7.27. The predicted octanol–water partition coefficient (Wildman–Crippen LogP) is 3.33. The van der Waals surface area contributed by atoms with Crippen molar-refractivity contribution in [2.45, 2.75) is 46.1 Å². The van der Waals surface area contributed by atoms with Crippen LogP contribution in [0.5, 0.6) is 0 Å². The number of anilines is 2. The fourth-order valence-corrected chi connectivity index (χ4v) is 2.35. The van der Waals surface area contributed by atoms with Crippen LogP contribution in [0.3, 0.4) is 0 Å². The third-order valence-electron chi connectivity index (χ3n) is 3.34. The molecular weight excluding hydrogens is 271 g/mol. The smallest absolute Gasteiger partial charge is 0.224 e. The highest BCUT2D eigenvalue weighted by molar-refractivity contribution is 6.00. The SMILES string of the molecule is CC(=O)N(c1ccc(F)cc1NC(=O)CC(C)C)C1CC1. The molecule has 0 saturated heterocycles. The molecule has 1 aliphatic rings. The van der Waals surface area contributed by atoms with Crippen LogP contribution in [0.4, 0.5) is 15.8 Å². The Balaban J connectivity index is 2.28. The molecule has 0 aromatic heterocycles. The maximum Gasteiger partial charge on any atom is 0.224 e. The minimum atomic E-state index is -0.433. The first-order valence-corrected chi connectivity index (χ1v) is 7.27. The molecule has 1 aromatic carbocycles.